The first-order valence-electron chi connectivity index (χ1n) is 12.2. The van der Waals surface area contributed by atoms with Crippen molar-refractivity contribution >= 4 is 16.9 Å². The maximum absolute atomic E-state index is 13.2. The van der Waals surface area contributed by atoms with Crippen LogP contribution >= 0.6 is 0 Å². The summed E-state index contributed by atoms with van der Waals surface area (Å²) in [6, 6.07) is 14.4. The number of amides is 1. The van der Waals surface area contributed by atoms with Crippen molar-refractivity contribution in [3.8, 4) is 22.8 Å². The molecule has 172 valence electrons. The van der Waals surface area contributed by atoms with Crippen LogP contribution in [0, 0.1) is 5.92 Å². The zero-order valence-electron chi connectivity index (χ0n) is 18.8. The van der Waals surface area contributed by atoms with Gasteiger partial charge >= 0.3 is 0 Å². The van der Waals surface area contributed by atoms with E-state index >= 15 is 0 Å². The van der Waals surface area contributed by atoms with Crippen LogP contribution in [-0.2, 0) is 11.2 Å². The molecule has 0 spiro atoms. The van der Waals surface area contributed by atoms with Gasteiger partial charge in [-0.2, -0.15) is 0 Å². The highest BCUT2D eigenvalue weighted by molar-refractivity contribution is 5.94. The highest BCUT2D eigenvalue weighted by Gasteiger charge is 2.33. The van der Waals surface area contributed by atoms with Crippen molar-refractivity contribution in [1.29, 1.82) is 0 Å². The lowest BCUT2D eigenvalue weighted by Gasteiger charge is -2.44. The molecule has 0 aliphatic carbocycles. The van der Waals surface area contributed by atoms with Crippen LogP contribution in [0.5, 0.6) is 11.5 Å². The molecular weight excluding hydrogens is 416 g/mol. The third-order valence-corrected chi connectivity index (χ3v) is 7.45. The Bertz CT molecular complexity index is 1150. The molecule has 1 amide bonds. The minimum absolute atomic E-state index is 0.0421. The summed E-state index contributed by atoms with van der Waals surface area (Å²) in [4.78, 5) is 15.8. The third-order valence-electron chi connectivity index (χ3n) is 7.45. The van der Waals surface area contributed by atoms with E-state index in [1.807, 2.05) is 42.5 Å². The zero-order chi connectivity index (χ0) is 22.2. The number of hydrogen-bond donors (Lipinski definition) is 1. The number of carbonyl (C=O) groups is 1. The highest BCUT2D eigenvalue weighted by Crippen LogP contribution is 2.42. The fraction of sp³-hybridized carbons (Fsp3) is 0.444. The van der Waals surface area contributed by atoms with Gasteiger partial charge in [-0.1, -0.05) is 36.8 Å². The molecule has 33 heavy (non-hydrogen) atoms. The molecule has 2 aromatic carbocycles. The first-order chi connectivity index (χ1) is 16.3. The van der Waals surface area contributed by atoms with Crippen LogP contribution in [0.1, 0.15) is 37.7 Å². The topological polar surface area (TPSA) is 63.9 Å². The van der Waals surface area contributed by atoms with E-state index in [2.05, 4.69) is 10.2 Å². The van der Waals surface area contributed by atoms with Crippen molar-refractivity contribution in [3.63, 3.8) is 0 Å². The fourth-order valence-electron chi connectivity index (χ4n) is 5.82. The monoisotopic (exact) mass is 446 g/mol. The van der Waals surface area contributed by atoms with Crippen molar-refractivity contribution < 1.29 is 18.7 Å². The lowest BCUT2D eigenvalue weighted by molar-refractivity contribution is -0.120. The standard InChI is InChI=1S/C27H30N2O4/c30-26(28-16-19-9-6-12-29-11-5-4-10-22(19)29)14-21-20-13-24-25(32-17-31-24)15-23(20)33-27(21)18-7-2-1-3-8-18/h1-3,7-8,13,15,19,22H,4-6,9-12,14,16-17H2,(H,28,30). The molecule has 6 nitrogen and oxygen atoms in total. The van der Waals surface area contributed by atoms with Gasteiger partial charge in [0.1, 0.15) is 11.3 Å². The van der Waals surface area contributed by atoms with Crippen LogP contribution in [0.3, 0.4) is 0 Å². The second-order valence-electron chi connectivity index (χ2n) is 9.46. The van der Waals surface area contributed by atoms with Gasteiger partial charge in [-0.25, -0.2) is 0 Å². The second kappa shape index (κ2) is 8.75. The molecule has 6 rings (SSSR count). The van der Waals surface area contributed by atoms with Crippen LogP contribution in [0.2, 0.25) is 0 Å². The number of furan rings is 1. The predicted molar refractivity (Wildman–Crippen MR) is 126 cm³/mol. The molecule has 6 heteroatoms. The van der Waals surface area contributed by atoms with Crippen LogP contribution in [0.4, 0.5) is 0 Å². The third kappa shape index (κ3) is 3.97. The Morgan fingerprint density at radius 3 is 2.70 bits per heavy atom. The fourth-order valence-corrected chi connectivity index (χ4v) is 5.82. The van der Waals surface area contributed by atoms with Gasteiger partial charge < -0.3 is 24.1 Å². The van der Waals surface area contributed by atoms with Gasteiger partial charge in [0.2, 0.25) is 12.7 Å². The summed E-state index contributed by atoms with van der Waals surface area (Å²) in [6.45, 7) is 3.39. The zero-order valence-corrected chi connectivity index (χ0v) is 18.8. The molecular formula is C27H30N2O4. The normalized spacial score (nSPS) is 22.3. The SMILES string of the molecule is O=C(Cc1c(-c2ccccc2)oc2cc3c(cc12)OCO3)NCC1CCCN2CCCCC12. The van der Waals surface area contributed by atoms with E-state index in [0.29, 0.717) is 29.0 Å². The highest BCUT2D eigenvalue weighted by atomic mass is 16.7. The summed E-state index contributed by atoms with van der Waals surface area (Å²) >= 11 is 0. The number of hydrogen-bond acceptors (Lipinski definition) is 5. The van der Waals surface area contributed by atoms with E-state index in [9.17, 15) is 4.79 Å². The molecule has 1 N–H and O–H groups in total. The Morgan fingerprint density at radius 2 is 1.82 bits per heavy atom. The first-order valence-corrected chi connectivity index (χ1v) is 12.2. The van der Waals surface area contributed by atoms with E-state index in [-0.39, 0.29) is 19.1 Å². The molecule has 0 saturated carbocycles. The van der Waals surface area contributed by atoms with Crippen molar-refractivity contribution in [2.24, 2.45) is 5.92 Å². The van der Waals surface area contributed by atoms with Gasteiger partial charge in [0.05, 0.1) is 6.42 Å². The van der Waals surface area contributed by atoms with Gasteiger partial charge in [0, 0.05) is 35.2 Å². The minimum Gasteiger partial charge on any atom is -0.456 e. The summed E-state index contributed by atoms with van der Waals surface area (Å²) < 4.78 is 17.4. The number of carbonyl (C=O) groups excluding carboxylic acids is 1. The smallest absolute Gasteiger partial charge is 0.231 e. The average Bonchev–Trinajstić information content (AvgIpc) is 3.46. The molecule has 2 fully saturated rings. The van der Waals surface area contributed by atoms with Crippen molar-refractivity contribution in [2.75, 3.05) is 26.4 Å². The Morgan fingerprint density at radius 1 is 1.00 bits per heavy atom. The number of benzene rings is 2. The maximum Gasteiger partial charge on any atom is 0.231 e. The van der Waals surface area contributed by atoms with Gasteiger partial charge in [0.15, 0.2) is 11.5 Å². The summed E-state index contributed by atoms with van der Waals surface area (Å²) in [5, 5.41) is 4.16. The molecule has 0 radical (unpaired) electrons. The van der Waals surface area contributed by atoms with E-state index < -0.39 is 0 Å². The molecule has 3 aliphatic rings. The van der Waals surface area contributed by atoms with Gasteiger partial charge in [-0.15, -0.1) is 0 Å². The molecule has 3 aromatic rings. The van der Waals surface area contributed by atoms with Crippen LogP contribution in [0.25, 0.3) is 22.3 Å². The Kier molecular flexibility index (Phi) is 5.46. The summed E-state index contributed by atoms with van der Waals surface area (Å²) in [6.07, 6.45) is 6.59. The molecule has 2 atom stereocenters. The summed E-state index contributed by atoms with van der Waals surface area (Å²) in [7, 11) is 0. The molecule has 0 bridgehead atoms. The number of piperidine rings is 2. The van der Waals surface area contributed by atoms with Crippen LogP contribution in [-0.4, -0.2) is 43.3 Å². The Balaban J connectivity index is 1.24. The largest absolute Gasteiger partial charge is 0.456 e. The number of fused-ring (bicyclic) bond motifs is 3. The van der Waals surface area contributed by atoms with E-state index in [1.165, 1.54) is 45.2 Å². The number of rotatable bonds is 5. The lowest BCUT2D eigenvalue weighted by Crippen LogP contribution is -2.51. The number of ether oxygens (including phenoxy) is 2. The average molecular weight is 447 g/mol. The molecule has 3 aliphatic heterocycles. The van der Waals surface area contributed by atoms with Gasteiger partial charge in [-0.05, 0) is 50.8 Å². The van der Waals surface area contributed by atoms with Crippen LogP contribution in [0.15, 0.2) is 46.9 Å². The predicted octanol–water partition coefficient (Wildman–Crippen LogP) is 4.75. The van der Waals surface area contributed by atoms with Crippen molar-refractivity contribution in [3.05, 3.63) is 48.0 Å². The van der Waals surface area contributed by atoms with E-state index in [0.717, 1.165) is 28.8 Å². The van der Waals surface area contributed by atoms with Gasteiger partial charge in [0.25, 0.3) is 0 Å². The number of nitrogens with zero attached hydrogens (tertiary/aromatic N) is 1. The van der Waals surface area contributed by atoms with E-state index in [1.54, 1.807) is 0 Å². The van der Waals surface area contributed by atoms with E-state index in [4.69, 9.17) is 13.9 Å². The molecule has 2 unspecified atom stereocenters. The number of nitrogens with one attached hydrogen (secondary N) is 1. The van der Waals surface area contributed by atoms with Crippen molar-refractivity contribution in [2.45, 2.75) is 44.6 Å². The summed E-state index contributed by atoms with van der Waals surface area (Å²) in [5.74, 6) is 2.71. The molecule has 2 saturated heterocycles. The minimum atomic E-state index is 0.0421. The molecule has 4 heterocycles. The quantitative estimate of drug-likeness (QED) is 0.613. The summed E-state index contributed by atoms with van der Waals surface area (Å²) in [5.41, 5.74) is 2.57. The molecule has 1 aromatic heterocycles. The lowest BCUT2D eigenvalue weighted by atomic mass is 9.83. The maximum atomic E-state index is 13.2. The van der Waals surface area contributed by atoms with Gasteiger partial charge in [-0.3, -0.25) is 4.79 Å². The van der Waals surface area contributed by atoms with Crippen LogP contribution < -0.4 is 14.8 Å². The van der Waals surface area contributed by atoms with Crippen molar-refractivity contribution in [1.82, 2.24) is 10.2 Å². The first kappa shape index (κ1) is 20.6. The Hall–Kier alpha value is -2.99. The Labute approximate surface area is 193 Å². The second-order valence-corrected chi connectivity index (χ2v) is 9.46.